The van der Waals surface area contributed by atoms with Gasteiger partial charge in [0.05, 0.1) is 28.2 Å². The van der Waals surface area contributed by atoms with E-state index in [0.717, 1.165) is 30.5 Å². The number of carbonyl (C=O) groups is 1. The van der Waals surface area contributed by atoms with E-state index in [2.05, 4.69) is 10.4 Å². The molecular formula is C17H9Cl2F4N3O. The third kappa shape index (κ3) is 4.06. The summed E-state index contributed by atoms with van der Waals surface area (Å²) in [5, 5.41) is 6.31. The lowest BCUT2D eigenvalue weighted by atomic mass is 10.2. The number of nitrogens with one attached hydrogen (secondary N) is 1. The van der Waals surface area contributed by atoms with Crippen LogP contribution in [0.5, 0.6) is 0 Å². The first-order valence-corrected chi connectivity index (χ1v) is 8.10. The van der Waals surface area contributed by atoms with E-state index in [0.29, 0.717) is 9.70 Å². The topological polar surface area (TPSA) is 46.9 Å². The van der Waals surface area contributed by atoms with Gasteiger partial charge in [-0.1, -0.05) is 23.2 Å². The molecule has 4 nitrogen and oxygen atoms in total. The number of alkyl halides is 3. The van der Waals surface area contributed by atoms with E-state index < -0.39 is 29.2 Å². The highest BCUT2D eigenvalue weighted by Gasteiger charge is 2.40. The van der Waals surface area contributed by atoms with Gasteiger partial charge in [0.15, 0.2) is 5.69 Å². The number of nitrogens with zero attached hydrogens (tertiary/aromatic N) is 2. The van der Waals surface area contributed by atoms with Crippen LogP contribution in [0, 0.1) is 5.82 Å². The second kappa shape index (κ2) is 7.21. The minimum Gasteiger partial charge on any atom is -0.321 e. The maximum absolute atomic E-state index is 13.6. The van der Waals surface area contributed by atoms with Crippen LogP contribution in [0.2, 0.25) is 10.0 Å². The largest absolute Gasteiger partial charge is 0.434 e. The van der Waals surface area contributed by atoms with Crippen molar-refractivity contribution in [1.29, 1.82) is 0 Å². The highest BCUT2D eigenvalue weighted by atomic mass is 35.5. The van der Waals surface area contributed by atoms with Crippen molar-refractivity contribution < 1.29 is 22.4 Å². The van der Waals surface area contributed by atoms with Crippen molar-refractivity contribution in [3.8, 4) is 5.69 Å². The first-order valence-electron chi connectivity index (χ1n) is 7.34. The summed E-state index contributed by atoms with van der Waals surface area (Å²) in [6.45, 7) is 0. The highest BCUT2D eigenvalue weighted by molar-refractivity contribution is 6.36. The summed E-state index contributed by atoms with van der Waals surface area (Å²) < 4.78 is 54.3. The van der Waals surface area contributed by atoms with Crippen LogP contribution in [0.4, 0.5) is 23.2 Å². The zero-order valence-electron chi connectivity index (χ0n) is 13.2. The lowest BCUT2D eigenvalue weighted by Gasteiger charge is -2.13. The second-order valence-corrected chi connectivity index (χ2v) is 6.21. The van der Waals surface area contributed by atoms with Crippen molar-refractivity contribution in [2.24, 2.45) is 0 Å². The predicted octanol–water partition coefficient (Wildman–Crippen LogP) is 5.59. The number of benzene rings is 2. The van der Waals surface area contributed by atoms with Crippen LogP contribution in [-0.2, 0) is 6.18 Å². The van der Waals surface area contributed by atoms with E-state index in [1.807, 2.05) is 0 Å². The van der Waals surface area contributed by atoms with Crippen LogP contribution in [0.25, 0.3) is 5.69 Å². The average molecular weight is 418 g/mol. The Bertz CT molecular complexity index is 1000. The Morgan fingerprint density at radius 1 is 1.07 bits per heavy atom. The molecule has 1 N–H and O–H groups in total. The molecule has 3 aromatic rings. The summed E-state index contributed by atoms with van der Waals surface area (Å²) in [6.07, 6.45) is -4.10. The minimum atomic E-state index is -4.89. The number of carbonyl (C=O) groups excluding carboxylic acids is 1. The molecule has 140 valence electrons. The van der Waals surface area contributed by atoms with Gasteiger partial charge >= 0.3 is 6.18 Å². The van der Waals surface area contributed by atoms with Gasteiger partial charge in [0.1, 0.15) is 5.82 Å². The number of halogens is 6. The van der Waals surface area contributed by atoms with Gasteiger partial charge in [-0.3, -0.25) is 4.79 Å². The molecule has 2 aromatic carbocycles. The van der Waals surface area contributed by atoms with Crippen LogP contribution in [0.3, 0.4) is 0 Å². The summed E-state index contributed by atoms with van der Waals surface area (Å²) in [5.74, 6) is -1.67. The van der Waals surface area contributed by atoms with Crippen molar-refractivity contribution in [1.82, 2.24) is 9.78 Å². The number of hydrogen-bond donors (Lipinski definition) is 1. The maximum atomic E-state index is 13.6. The highest BCUT2D eigenvalue weighted by Crippen LogP contribution is 2.34. The molecule has 0 aliphatic rings. The molecule has 0 unspecified atom stereocenters. The van der Waals surface area contributed by atoms with E-state index in [4.69, 9.17) is 23.2 Å². The summed E-state index contributed by atoms with van der Waals surface area (Å²) in [6, 6.07) is 8.35. The molecule has 0 aliphatic heterocycles. The van der Waals surface area contributed by atoms with E-state index in [-0.39, 0.29) is 16.4 Å². The average Bonchev–Trinajstić information content (AvgIpc) is 3.03. The molecular weight excluding hydrogens is 409 g/mol. The van der Waals surface area contributed by atoms with Gasteiger partial charge in [-0.25, -0.2) is 9.07 Å². The molecule has 0 spiro atoms. The van der Waals surface area contributed by atoms with Crippen molar-refractivity contribution in [2.75, 3.05) is 5.32 Å². The van der Waals surface area contributed by atoms with Crippen LogP contribution in [0.15, 0.2) is 48.7 Å². The van der Waals surface area contributed by atoms with E-state index in [1.165, 1.54) is 18.2 Å². The molecule has 0 radical (unpaired) electrons. The molecule has 1 aromatic heterocycles. The van der Waals surface area contributed by atoms with Crippen molar-refractivity contribution >= 4 is 34.8 Å². The van der Waals surface area contributed by atoms with E-state index >= 15 is 0 Å². The fourth-order valence-corrected chi connectivity index (χ4v) is 2.80. The van der Waals surface area contributed by atoms with Crippen LogP contribution in [0.1, 0.15) is 16.1 Å². The summed E-state index contributed by atoms with van der Waals surface area (Å²) >= 11 is 11.7. The zero-order chi connectivity index (χ0) is 19.8. The Morgan fingerprint density at radius 2 is 1.74 bits per heavy atom. The van der Waals surface area contributed by atoms with E-state index in [9.17, 15) is 22.4 Å². The Labute approximate surface area is 160 Å². The molecule has 0 aliphatic carbocycles. The molecule has 10 heteroatoms. The van der Waals surface area contributed by atoms with Crippen LogP contribution in [-0.4, -0.2) is 15.7 Å². The summed E-state index contributed by atoms with van der Waals surface area (Å²) in [4.78, 5) is 12.4. The fraction of sp³-hybridized carbons (Fsp3) is 0.0588. The second-order valence-electron chi connectivity index (χ2n) is 5.37. The van der Waals surface area contributed by atoms with Gasteiger partial charge in [-0.2, -0.15) is 18.3 Å². The van der Waals surface area contributed by atoms with Gasteiger partial charge < -0.3 is 5.32 Å². The number of rotatable bonds is 3. The minimum absolute atomic E-state index is 0.0488. The fourth-order valence-electron chi connectivity index (χ4n) is 2.35. The van der Waals surface area contributed by atoms with Gasteiger partial charge in [0.2, 0.25) is 0 Å². The third-order valence-electron chi connectivity index (χ3n) is 3.53. The molecule has 27 heavy (non-hydrogen) atoms. The molecule has 0 atom stereocenters. The predicted molar refractivity (Wildman–Crippen MR) is 92.9 cm³/mol. The normalized spacial score (nSPS) is 11.5. The van der Waals surface area contributed by atoms with Crippen LogP contribution >= 0.6 is 23.2 Å². The molecule has 0 saturated carbocycles. The summed E-state index contributed by atoms with van der Waals surface area (Å²) in [5.41, 5.74) is -1.96. The van der Waals surface area contributed by atoms with Crippen molar-refractivity contribution in [3.63, 3.8) is 0 Å². The lowest BCUT2D eigenvalue weighted by Crippen LogP contribution is -2.20. The van der Waals surface area contributed by atoms with Gasteiger partial charge in [0.25, 0.3) is 5.91 Å². The molecule has 0 bridgehead atoms. The van der Waals surface area contributed by atoms with Crippen molar-refractivity contribution in [3.05, 3.63) is 75.8 Å². The monoisotopic (exact) mass is 417 g/mol. The number of hydrogen-bond acceptors (Lipinski definition) is 2. The Morgan fingerprint density at radius 3 is 2.33 bits per heavy atom. The molecule has 3 rings (SSSR count). The van der Waals surface area contributed by atoms with Gasteiger partial charge in [-0.15, -0.1) is 0 Å². The van der Waals surface area contributed by atoms with Gasteiger partial charge in [-0.05, 0) is 42.5 Å². The maximum Gasteiger partial charge on any atom is 0.434 e. The smallest absolute Gasteiger partial charge is 0.321 e. The quantitative estimate of drug-likeness (QED) is 0.564. The molecule has 1 amide bonds. The standard InChI is InChI=1S/C17H9Cl2F4N3O/c18-9-1-6-14(13(19)7-9)25-16(27)12-8-24-26(15(12)17(21,22)23)11-4-2-10(20)3-5-11/h1-8H,(H,25,27). The first kappa shape index (κ1) is 19.2. The van der Waals surface area contributed by atoms with E-state index in [1.54, 1.807) is 0 Å². The Kier molecular flexibility index (Phi) is 5.12. The number of anilines is 1. The first-order chi connectivity index (χ1) is 12.7. The molecule has 0 fully saturated rings. The number of amides is 1. The SMILES string of the molecule is O=C(Nc1ccc(Cl)cc1Cl)c1cnn(-c2ccc(F)cc2)c1C(F)(F)F. The Balaban J connectivity index is 2.02. The van der Waals surface area contributed by atoms with Crippen molar-refractivity contribution in [2.45, 2.75) is 6.18 Å². The van der Waals surface area contributed by atoms with Crippen LogP contribution < -0.4 is 5.32 Å². The molecule has 0 saturated heterocycles. The lowest BCUT2D eigenvalue weighted by molar-refractivity contribution is -0.143. The molecule has 1 heterocycles. The van der Waals surface area contributed by atoms with Gasteiger partial charge in [0, 0.05) is 5.02 Å². The third-order valence-corrected chi connectivity index (χ3v) is 4.08. The Hall–Kier alpha value is -2.58. The number of aromatic nitrogens is 2. The zero-order valence-corrected chi connectivity index (χ0v) is 14.7. The summed E-state index contributed by atoms with van der Waals surface area (Å²) in [7, 11) is 0.